The van der Waals surface area contributed by atoms with Gasteiger partial charge in [-0.05, 0) is 42.3 Å². The van der Waals surface area contributed by atoms with Gasteiger partial charge in [0.05, 0.1) is 18.6 Å². The first-order chi connectivity index (χ1) is 14.0. The zero-order valence-electron chi connectivity index (χ0n) is 16.1. The van der Waals surface area contributed by atoms with E-state index in [0.717, 1.165) is 27.8 Å². The Bertz CT molecular complexity index is 1000. The van der Waals surface area contributed by atoms with Crippen LogP contribution in [0.15, 0.2) is 53.0 Å². The number of carbonyl (C=O) groups excluding carboxylic acids is 1. The smallest absolute Gasteiger partial charge is 0.254 e. The molecule has 3 atom stereocenters. The number of benzene rings is 2. The second-order valence-electron chi connectivity index (χ2n) is 7.92. The highest BCUT2D eigenvalue weighted by Gasteiger charge is 2.53. The van der Waals surface area contributed by atoms with Gasteiger partial charge in [-0.15, -0.1) is 0 Å². The zero-order chi connectivity index (χ0) is 20.2. The van der Waals surface area contributed by atoms with E-state index in [1.54, 1.807) is 7.11 Å². The number of carbonyl (C=O) groups is 1. The molecule has 0 radical (unpaired) electrons. The van der Waals surface area contributed by atoms with Crippen molar-refractivity contribution in [3.8, 4) is 11.5 Å². The lowest BCUT2D eigenvalue weighted by Crippen LogP contribution is -2.43. The van der Waals surface area contributed by atoms with Crippen LogP contribution in [-0.4, -0.2) is 41.8 Å². The zero-order valence-corrected chi connectivity index (χ0v) is 17.7. The molecule has 5 rings (SSSR count). The van der Waals surface area contributed by atoms with Gasteiger partial charge in [0.25, 0.3) is 5.91 Å². The molecule has 2 aliphatic heterocycles. The molecule has 150 valence electrons. The summed E-state index contributed by atoms with van der Waals surface area (Å²) in [5.41, 5.74) is 2.52. The number of amides is 1. The van der Waals surface area contributed by atoms with Gasteiger partial charge in [0.1, 0.15) is 6.10 Å². The number of ether oxygens (including phenoxy) is 2. The number of aliphatic hydroxyl groups excluding tert-OH is 1. The summed E-state index contributed by atoms with van der Waals surface area (Å²) in [5, 5.41) is 10.2. The first kappa shape index (κ1) is 18.7. The molecule has 6 heteroatoms. The van der Waals surface area contributed by atoms with Gasteiger partial charge in [-0.1, -0.05) is 34.1 Å². The molecule has 2 heterocycles. The molecule has 29 heavy (non-hydrogen) atoms. The molecule has 0 saturated heterocycles. The van der Waals surface area contributed by atoms with Crippen molar-refractivity contribution in [2.45, 2.75) is 37.0 Å². The molecule has 1 amide bonds. The number of methoxy groups -OCH3 is 1. The highest BCUT2D eigenvalue weighted by Crippen LogP contribution is 2.55. The summed E-state index contributed by atoms with van der Waals surface area (Å²) in [5.74, 6) is 1.48. The van der Waals surface area contributed by atoms with Gasteiger partial charge in [0, 0.05) is 35.1 Å². The third kappa shape index (κ3) is 2.89. The maximum atomic E-state index is 13.2. The average molecular weight is 456 g/mol. The summed E-state index contributed by atoms with van der Waals surface area (Å²) in [6, 6.07) is 11.4. The van der Waals surface area contributed by atoms with E-state index in [1.807, 2.05) is 47.4 Å². The second kappa shape index (κ2) is 6.89. The first-order valence-corrected chi connectivity index (χ1v) is 10.6. The Labute approximate surface area is 178 Å². The maximum Gasteiger partial charge on any atom is 0.254 e. The predicted molar refractivity (Wildman–Crippen MR) is 112 cm³/mol. The van der Waals surface area contributed by atoms with Gasteiger partial charge in [0.2, 0.25) is 0 Å². The summed E-state index contributed by atoms with van der Waals surface area (Å²) in [6.07, 6.45) is 4.57. The van der Waals surface area contributed by atoms with Crippen molar-refractivity contribution < 1.29 is 19.4 Å². The van der Waals surface area contributed by atoms with Gasteiger partial charge in [-0.2, -0.15) is 0 Å². The lowest BCUT2D eigenvalue weighted by molar-refractivity contribution is 0.0671. The molecule has 0 aromatic heterocycles. The van der Waals surface area contributed by atoms with Crippen LogP contribution in [0.3, 0.4) is 0 Å². The molecule has 0 bridgehead atoms. The fourth-order valence-electron chi connectivity index (χ4n) is 4.88. The van der Waals surface area contributed by atoms with Gasteiger partial charge in [-0.25, -0.2) is 0 Å². The summed E-state index contributed by atoms with van der Waals surface area (Å²) in [6.45, 7) is 1.14. The number of aliphatic hydroxyl groups is 1. The van der Waals surface area contributed by atoms with Crippen LogP contribution >= 0.6 is 15.9 Å². The van der Waals surface area contributed by atoms with Crippen molar-refractivity contribution in [2.75, 3.05) is 13.7 Å². The Hall–Kier alpha value is -2.31. The van der Waals surface area contributed by atoms with E-state index >= 15 is 0 Å². The first-order valence-electron chi connectivity index (χ1n) is 9.81. The minimum Gasteiger partial charge on any atom is -0.493 e. The topological polar surface area (TPSA) is 59.0 Å². The standard InChI is InChI=1S/C23H22BrNO4/c1-28-18-7-4-15-13-25(22(27)14-2-5-16(24)6-3-14)11-10-23-9-8-17(26)12-19(23)29-21(18)20(15)23/h2-9,17,19,26H,10-13H2,1H3/t17-,19-,23?/m0/s1. The highest BCUT2D eigenvalue weighted by molar-refractivity contribution is 9.10. The van der Waals surface area contributed by atoms with E-state index in [0.29, 0.717) is 30.8 Å². The third-order valence-electron chi connectivity index (χ3n) is 6.33. The molecule has 2 aromatic carbocycles. The highest BCUT2D eigenvalue weighted by atomic mass is 79.9. The monoisotopic (exact) mass is 455 g/mol. The largest absolute Gasteiger partial charge is 0.493 e. The molecule has 2 aromatic rings. The van der Waals surface area contributed by atoms with Crippen LogP contribution in [0.2, 0.25) is 0 Å². The molecule has 5 nitrogen and oxygen atoms in total. The predicted octanol–water partition coefficient (Wildman–Crippen LogP) is 3.82. The second-order valence-corrected chi connectivity index (χ2v) is 8.84. The lowest BCUT2D eigenvalue weighted by atomic mass is 9.69. The lowest BCUT2D eigenvalue weighted by Gasteiger charge is -2.35. The molecule has 0 fully saturated rings. The molecule has 1 N–H and O–H groups in total. The number of rotatable bonds is 2. The fourth-order valence-corrected chi connectivity index (χ4v) is 5.15. The van der Waals surface area contributed by atoms with Crippen LogP contribution in [0.5, 0.6) is 11.5 Å². The maximum absolute atomic E-state index is 13.2. The fraction of sp³-hybridized carbons (Fsp3) is 0.348. The molecular weight excluding hydrogens is 434 g/mol. The van der Waals surface area contributed by atoms with Crippen molar-refractivity contribution in [1.29, 1.82) is 0 Å². The van der Waals surface area contributed by atoms with E-state index < -0.39 is 6.10 Å². The Morgan fingerprint density at radius 2 is 2.07 bits per heavy atom. The van der Waals surface area contributed by atoms with E-state index in [4.69, 9.17) is 9.47 Å². The van der Waals surface area contributed by atoms with Gasteiger partial charge in [-0.3, -0.25) is 4.79 Å². The van der Waals surface area contributed by atoms with Crippen molar-refractivity contribution in [3.05, 3.63) is 69.7 Å². The minimum absolute atomic E-state index is 0.0238. The van der Waals surface area contributed by atoms with Crippen LogP contribution < -0.4 is 9.47 Å². The number of hydrogen-bond acceptors (Lipinski definition) is 4. The quantitative estimate of drug-likeness (QED) is 0.699. The Balaban J connectivity index is 1.58. The number of halogens is 1. The van der Waals surface area contributed by atoms with Crippen molar-refractivity contribution in [3.63, 3.8) is 0 Å². The van der Waals surface area contributed by atoms with Crippen molar-refractivity contribution in [1.82, 2.24) is 4.90 Å². The summed E-state index contributed by atoms with van der Waals surface area (Å²) < 4.78 is 12.8. The molecular formula is C23H22BrNO4. The van der Waals surface area contributed by atoms with Gasteiger partial charge >= 0.3 is 0 Å². The van der Waals surface area contributed by atoms with E-state index in [2.05, 4.69) is 22.0 Å². The third-order valence-corrected chi connectivity index (χ3v) is 6.86. The Morgan fingerprint density at radius 1 is 1.28 bits per heavy atom. The van der Waals surface area contributed by atoms with Crippen LogP contribution in [0, 0.1) is 0 Å². The van der Waals surface area contributed by atoms with Crippen LogP contribution in [0.4, 0.5) is 0 Å². The number of hydrogen-bond donors (Lipinski definition) is 1. The van der Waals surface area contributed by atoms with Gasteiger partial charge < -0.3 is 19.5 Å². The van der Waals surface area contributed by atoms with E-state index in [9.17, 15) is 9.90 Å². The van der Waals surface area contributed by atoms with E-state index in [1.165, 1.54) is 0 Å². The van der Waals surface area contributed by atoms with Crippen LogP contribution in [0.1, 0.15) is 34.3 Å². The summed E-state index contributed by atoms with van der Waals surface area (Å²) in [4.78, 5) is 15.1. The molecule has 1 unspecified atom stereocenters. The Kier molecular flexibility index (Phi) is 4.44. The van der Waals surface area contributed by atoms with Crippen molar-refractivity contribution in [2.24, 2.45) is 0 Å². The molecule has 1 aliphatic carbocycles. The minimum atomic E-state index is -0.516. The van der Waals surface area contributed by atoms with Crippen LogP contribution in [0.25, 0.3) is 0 Å². The SMILES string of the molecule is COc1ccc2c3c1O[C@H]1C[C@@H](O)C=CC31CCN(C(=O)c1ccc(Br)cc1)C2. The van der Waals surface area contributed by atoms with E-state index in [-0.39, 0.29) is 17.4 Å². The molecule has 1 spiro atoms. The van der Waals surface area contributed by atoms with Crippen molar-refractivity contribution >= 4 is 21.8 Å². The molecule has 0 saturated carbocycles. The summed E-state index contributed by atoms with van der Waals surface area (Å²) in [7, 11) is 1.64. The van der Waals surface area contributed by atoms with Crippen LogP contribution in [-0.2, 0) is 12.0 Å². The summed E-state index contributed by atoms with van der Waals surface area (Å²) >= 11 is 3.42. The number of nitrogens with zero attached hydrogens (tertiary/aromatic N) is 1. The normalized spacial score (nSPS) is 26.9. The molecule has 3 aliphatic rings. The van der Waals surface area contributed by atoms with Gasteiger partial charge in [0.15, 0.2) is 11.5 Å². The average Bonchev–Trinajstić information content (AvgIpc) is 2.95. The Morgan fingerprint density at radius 3 is 2.83 bits per heavy atom.